The van der Waals surface area contributed by atoms with E-state index in [2.05, 4.69) is 15.6 Å². The van der Waals surface area contributed by atoms with Crippen molar-refractivity contribution in [2.24, 2.45) is 22.7 Å². The van der Waals surface area contributed by atoms with Crippen molar-refractivity contribution in [3.8, 4) is 0 Å². The minimum absolute atomic E-state index is 0.00142. The van der Waals surface area contributed by atoms with Gasteiger partial charge in [-0.25, -0.2) is 4.99 Å². The highest BCUT2D eigenvalue weighted by molar-refractivity contribution is 5.85. The molecule has 3 aliphatic carbocycles. The quantitative estimate of drug-likeness (QED) is 0.575. The van der Waals surface area contributed by atoms with Crippen molar-refractivity contribution in [2.45, 2.75) is 69.6 Å². The smallest absolute Gasteiger partial charge is 0.354 e. The number of halogens is 3. The molecule has 2 bridgehead atoms. The Balaban J connectivity index is 1.63. The zero-order chi connectivity index (χ0) is 19.6. The van der Waals surface area contributed by atoms with Gasteiger partial charge in [0.15, 0.2) is 5.96 Å². The normalized spacial score (nSPS) is 33.8. The fourth-order valence-electron chi connectivity index (χ4n) is 4.83. The zero-order valence-electron chi connectivity index (χ0n) is 16.2. The lowest BCUT2D eigenvalue weighted by Gasteiger charge is -2.33. The lowest BCUT2D eigenvalue weighted by atomic mass is 9.85. The van der Waals surface area contributed by atoms with E-state index in [1.807, 2.05) is 0 Å². The summed E-state index contributed by atoms with van der Waals surface area (Å²) in [5.74, 6) is 0.481. The Morgan fingerprint density at radius 1 is 1.07 bits per heavy atom. The molecule has 0 spiro atoms. The third-order valence-electron chi connectivity index (χ3n) is 6.41. The van der Waals surface area contributed by atoms with Crippen LogP contribution < -0.4 is 10.6 Å². The van der Waals surface area contributed by atoms with Crippen LogP contribution in [-0.4, -0.2) is 55.7 Å². The summed E-state index contributed by atoms with van der Waals surface area (Å²) in [6, 6.07) is 0.0520. The molecule has 154 valence electrons. The van der Waals surface area contributed by atoms with Gasteiger partial charge in [0.25, 0.3) is 0 Å². The van der Waals surface area contributed by atoms with E-state index in [9.17, 15) is 18.0 Å². The number of rotatable bonds is 4. The summed E-state index contributed by atoms with van der Waals surface area (Å²) in [7, 11) is 3.34. The molecule has 2 N–H and O–H groups in total. The number of fused-ring (bicyclic) bond motifs is 2. The fourth-order valence-corrected chi connectivity index (χ4v) is 4.83. The van der Waals surface area contributed by atoms with E-state index < -0.39 is 12.1 Å². The number of aliphatic imine (C=N–C) groups is 1. The number of hydrogen-bond acceptors (Lipinski definition) is 2. The molecule has 5 unspecified atom stereocenters. The van der Waals surface area contributed by atoms with E-state index in [1.54, 1.807) is 14.1 Å². The lowest BCUT2D eigenvalue weighted by molar-refractivity contribution is -0.183. The van der Waals surface area contributed by atoms with Gasteiger partial charge in [-0.3, -0.25) is 4.79 Å². The maximum atomic E-state index is 13.1. The van der Waals surface area contributed by atoms with Crippen LogP contribution in [0.2, 0.25) is 0 Å². The molecular weight excluding hydrogens is 357 g/mol. The lowest BCUT2D eigenvalue weighted by Crippen LogP contribution is -2.51. The Bertz CT molecular complexity index is 564. The highest BCUT2D eigenvalue weighted by Gasteiger charge is 2.43. The van der Waals surface area contributed by atoms with Gasteiger partial charge in [-0.1, -0.05) is 12.8 Å². The van der Waals surface area contributed by atoms with Crippen LogP contribution in [0.25, 0.3) is 0 Å². The first-order valence-corrected chi connectivity index (χ1v) is 10.1. The number of nitrogens with zero attached hydrogens (tertiary/aromatic N) is 2. The largest absolute Gasteiger partial charge is 0.391 e. The van der Waals surface area contributed by atoms with Crippen LogP contribution in [0, 0.1) is 17.8 Å². The van der Waals surface area contributed by atoms with Gasteiger partial charge in [0, 0.05) is 26.2 Å². The maximum Gasteiger partial charge on any atom is 0.391 e. The Morgan fingerprint density at radius 3 is 2.44 bits per heavy atom. The second kappa shape index (κ2) is 8.27. The molecule has 5 atom stereocenters. The molecule has 0 heterocycles. The highest BCUT2D eigenvalue weighted by Crippen LogP contribution is 2.44. The summed E-state index contributed by atoms with van der Waals surface area (Å²) in [4.78, 5) is 17.8. The van der Waals surface area contributed by atoms with Gasteiger partial charge >= 0.3 is 6.18 Å². The van der Waals surface area contributed by atoms with Gasteiger partial charge in [0.05, 0.1) is 5.92 Å². The minimum atomic E-state index is -4.14. The Morgan fingerprint density at radius 2 is 1.85 bits per heavy atom. The summed E-state index contributed by atoms with van der Waals surface area (Å²) in [5.41, 5.74) is 0. The van der Waals surface area contributed by atoms with Crippen LogP contribution in [0.4, 0.5) is 13.2 Å². The molecule has 1 amide bonds. The molecular formula is C19H31F3N4O. The molecule has 0 aromatic heterocycles. The van der Waals surface area contributed by atoms with Gasteiger partial charge in [0.1, 0.15) is 6.54 Å². The molecule has 3 rings (SSSR count). The van der Waals surface area contributed by atoms with Gasteiger partial charge < -0.3 is 15.5 Å². The average molecular weight is 388 g/mol. The summed E-state index contributed by atoms with van der Waals surface area (Å²) in [6.07, 6.45) is 2.17. The number of alkyl halides is 3. The molecule has 27 heavy (non-hydrogen) atoms. The molecule has 8 heteroatoms. The third kappa shape index (κ3) is 5.29. The van der Waals surface area contributed by atoms with E-state index in [0.717, 1.165) is 12.3 Å². The predicted molar refractivity (Wildman–Crippen MR) is 98.3 cm³/mol. The minimum Gasteiger partial charge on any atom is -0.354 e. The number of guanidine groups is 1. The Kier molecular flexibility index (Phi) is 6.21. The van der Waals surface area contributed by atoms with Crippen molar-refractivity contribution in [3.05, 3.63) is 0 Å². The van der Waals surface area contributed by atoms with Crippen molar-refractivity contribution < 1.29 is 18.0 Å². The van der Waals surface area contributed by atoms with E-state index in [-0.39, 0.29) is 31.3 Å². The summed E-state index contributed by atoms with van der Waals surface area (Å²) in [6.45, 7) is -0.00142. The first-order valence-electron chi connectivity index (χ1n) is 10.1. The van der Waals surface area contributed by atoms with Crippen molar-refractivity contribution >= 4 is 11.9 Å². The van der Waals surface area contributed by atoms with Crippen LogP contribution >= 0.6 is 0 Å². The molecule has 5 nitrogen and oxygen atoms in total. The van der Waals surface area contributed by atoms with Crippen LogP contribution in [0.15, 0.2) is 4.99 Å². The van der Waals surface area contributed by atoms with Crippen molar-refractivity contribution in [1.29, 1.82) is 0 Å². The second-order valence-corrected chi connectivity index (χ2v) is 8.63. The van der Waals surface area contributed by atoms with Crippen molar-refractivity contribution in [2.75, 3.05) is 20.6 Å². The number of hydrogen-bond donors (Lipinski definition) is 2. The van der Waals surface area contributed by atoms with E-state index in [0.29, 0.717) is 30.8 Å². The molecule has 0 aliphatic heterocycles. The number of carbonyl (C=O) groups excluding carboxylic acids is 1. The third-order valence-corrected chi connectivity index (χ3v) is 6.41. The zero-order valence-corrected chi connectivity index (χ0v) is 16.2. The van der Waals surface area contributed by atoms with Crippen LogP contribution in [-0.2, 0) is 4.79 Å². The maximum absolute atomic E-state index is 13.1. The van der Waals surface area contributed by atoms with Crippen LogP contribution in [0.1, 0.15) is 51.4 Å². The molecule has 3 aliphatic rings. The molecule has 3 fully saturated rings. The van der Waals surface area contributed by atoms with Gasteiger partial charge in [-0.05, 0) is 50.4 Å². The van der Waals surface area contributed by atoms with E-state index >= 15 is 0 Å². The van der Waals surface area contributed by atoms with Crippen LogP contribution in [0.5, 0.6) is 0 Å². The average Bonchev–Trinajstić information content (AvgIpc) is 3.21. The molecule has 3 saturated carbocycles. The fraction of sp³-hybridized carbons (Fsp3) is 0.895. The highest BCUT2D eigenvalue weighted by atomic mass is 19.4. The Hall–Kier alpha value is -1.47. The second-order valence-electron chi connectivity index (χ2n) is 8.63. The SMILES string of the molecule is CN(C)C(=O)CN=C(NC1CCCC(C(F)(F)F)C1)NC1CC2CCC1C2. The monoisotopic (exact) mass is 388 g/mol. The number of likely N-dealkylation sites (N-methyl/N-ethyl adjacent to an activating group) is 1. The van der Waals surface area contributed by atoms with E-state index in [1.165, 1.54) is 24.2 Å². The molecule has 0 aromatic rings. The topological polar surface area (TPSA) is 56.7 Å². The molecule has 0 saturated heterocycles. The van der Waals surface area contributed by atoms with Crippen molar-refractivity contribution in [1.82, 2.24) is 15.5 Å². The van der Waals surface area contributed by atoms with Gasteiger partial charge in [-0.15, -0.1) is 0 Å². The van der Waals surface area contributed by atoms with Crippen molar-refractivity contribution in [3.63, 3.8) is 0 Å². The van der Waals surface area contributed by atoms with Gasteiger partial charge in [-0.2, -0.15) is 13.2 Å². The van der Waals surface area contributed by atoms with Gasteiger partial charge in [0.2, 0.25) is 5.91 Å². The number of carbonyl (C=O) groups is 1. The predicted octanol–water partition coefficient (Wildman–Crippen LogP) is 2.92. The summed E-state index contributed by atoms with van der Waals surface area (Å²) >= 11 is 0. The Labute approximate surface area is 159 Å². The first kappa shape index (κ1) is 20.3. The first-order chi connectivity index (χ1) is 12.7. The summed E-state index contributed by atoms with van der Waals surface area (Å²) in [5, 5.41) is 6.64. The van der Waals surface area contributed by atoms with Crippen LogP contribution in [0.3, 0.4) is 0 Å². The number of amides is 1. The summed E-state index contributed by atoms with van der Waals surface area (Å²) < 4.78 is 39.3. The molecule has 0 aromatic carbocycles. The number of nitrogens with one attached hydrogen (secondary N) is 2. The molecule has 0 radical (unpaired) electrons. The standard InChI is InChI=1S/C19H31F3N4O/c1-26(2)17(27)11-23-18(25-16-9-12-6-7-13(16)8-12)24-15-5-3-4-14(10-15)19(20,21)22/h12-16H,3-11H2,1-2H3,(H2,23,24,25). The van der Waals surface area contributed by atoms with E-state index in [4.69, 9.17) is 0 Å².